The van der Waals surface area contributed by atoms with Crippen LogP contribution in [0.5, 0.6) is 5.75 Å². The van der Waals surface area contributed by atoms with Crippen molar-refractivity contribution in [1.82, 2.24) is 0 Å². The molecule has 1 heterocycles. The van der Waals surface area contributed by atoms with Crippen LogP contribution in [0.15, 0.2) is 18.2 Å². The van der Waals surface area contributed by atoms with E-state index in [1.807, 2.05) is 12.1 Å². The van der Waals surface area contributed by atoms with Gasteiger partial charge in [0.1, 0.15) is 11.9 Å². The number of hydrogen-bond acceptors (Lipinski definition) is 2. The van der Waals surface area contributed by atoms with Gasteiger partial charge in [0.25, 0.3) is 0 Å². The van der Waals surface area contributed by atoms with Crippen LogP contribution < -0.4 is 4.74 Å². The summed E-state index contributed by atoms with van der Waals surface area (Å²) in [6, 6.07) is 5.99. The van der Waals surface area contributed by atoms with Crippen LogP contribution in [0.2, 0.25) is 0 Å². The molecule has 2 bridgehead atoms. The van der Waals surface area contributed by atoms with Crippen LogP contribution in [0, 0.1) is 17.8 Å². The summed E-state index contributed by atoms with van der Waals surface area (Å²) in [5, 5.41) is 0. The third-order valence-electron chi connectivity index (χ3n) is 5.55. The average Bonchev–Trinajstić information content (AvgIpc) is 3.10. The van der Waals surface area contributed by atoms with Gasteiger partial charge >= 0.3 is 0 Å². The first-order chi connectivity index (χ1) is 9.69. The molecule has 2 nitrogen and oxygen atoms in total. The molecule has 0 saturated heterocycles. The summed E-state index contributed by atoms with van der Waals surface area (Å²) < 4.78 is 5.70. The number of ether oxygens (including phenoxy) is 1. The fourth-order valence-electron chi connectivity index (χ4n) is 4.58. The van der Waals surface area contributed by atoms with Crippen LogP contribution in [-0.2, 0) is 6.42 Å². The highest BCUT2D eigenvalue weighted by Gasteiger charge is 2.40. The minimum absolute atomic E-state index is 0.251. The molecule has 1 aromatic rings. The molecule has 20 heavy (non-hydrogen) atoms. The zero-order chi connectivity index (χ0) is 13.7. The Bertz CT molecular complexity index is 548. The molecule has 4 unspecified atom stereocenters. The van der Waals surface area contributed by atoms with Crippen LogP contribution >= 0.6 is 0 Å². The molecule has 106 valence electrons. The van der Waals surface area contributed by atoms with Gasteiger partial charge in [-0.25, -0.2) is 0 Å². The number of hydrogen-bond donors (Lipinski definition) is 0. The lowest BCUT2D eigenvalue weighted by atomic mass is 9.84. The van der Waals surface area contributed by atoms with E-state index >= 15 is 0 Å². The third kappa shape index (κ3) is 2.06. The van der Waals surface area contributed by atoms with Gasteiger partial charge in [0.15, 0.2) is 5.78 Å². The predicted molar refractivity (Wildman–Crippen MR) is 78.1 cm³/mol. The third-order valence-corrected chi connectivity index (χ3v) is 5.55. The Morgan fingerprint density at radius 1 is 1.30 bits per heavy atom. The fourth-order valence-corrected chi connectivity index (χ4v) is 4.58. The molecule has 2 heteroatoms. The first-order valence-electron chi connectivity index (χ1n) is 8.02. The van der Waals surface area contributed by atoms with Gasteiger partial charge in [0, 0.05) is 18.4 Å². The topological polar surface area (TPSA) is 26.3 Å². The molecule has 1 aromatic carbocycles. The Hall–Kier alpha value is -1.31. The van der Waals surface area contributed by atoms with Crippen molar-refractivity contribution >= 4 is 5.78 Å². The summed E-state index contributed by atoms with van der Waals surface area (Å²) >= 11 is 0. The van der Waals surface area contributed by atoms with Crippen molar-refractivity contribution in [1.29, 1.82) is 0 Å². The molecule has 4 rings (SSSR count). The highest BCUT2D eigenvalue weighted by Crippen LogP contribution is 2.49. The van der Waals surface area contributed by atoms with Gasteiger partial charge in [0.2, 0.25) is 0 Å². The van der Waals surface area contributed by atoms with E-state index in [0.717, 1.165) is 36.0 Å². The molecule has 2 saturated carbocycles. The molecule has 0 amide bonds. The van der Waals surface area contributed by atoms with Crippen LogP contribution in [0.1, 0.15) is 54.9 Å². The van der Waals surface area contributed by atoms with Crippen molar-refractivity contribution in [3.63, 3.8) is 0 Å². The Morgan fingerprint density at radius 2 is 2.20 bits per heavy atom. The van der Waals surface area contributed by atoms with Gasteiger partial charge in [-0.2, -0.15) is 0 Å². The molecule has 4 atom stereocenters. The summed E-state index contributed by atoms with van der Waals surface area (Å²) in [5.41, 5.74) is 2.10. The zero-order valence-electron chi connectivity index (χ0n) is 12.1. The molecule has 2 aliphatic carbocycles. The van der Waals surface area contributed by atoms with E-state index in [0.29, 0.717) is 11.7 Å². The van der Waals surface area contributed by atoms with E-state index in [1.54, 1.807) is 0 Å². The monoisotopic (exact) mass is 270 g/mol. The number of rotatable bonds is 3. The summed E-state index contributed by atoms with van der Waals surface area (Å²) in [6.45, 7) is 2.08. The van der Waals surface area contributed by atoms with Gasteiger partial charge in [-0.3, -0.25) is 4.79 Å². The smallest absolute Gasteiger partial charge is 0.163 e. The minimum atomic E-state index is 0.251. The van der Waals surface area contributed by atoms with E-state index in [4.69, 9.17) is 4.74 Å². The van der Waals surface area contributed by atoms with Crippen LogP contribution in [0.4, 0.5) is 0 Å². The summed E-state index contributed by atoms with van der Waals surface area (Å²) in [5.74, 6) is 3.72. The van der Waals surface area contributed by atoms with Crippen LogP contribution in [0.25, 0.3) is 0 Å². The first kappa shape index (κ1) is 12.4. The van der Waals surface area contributed by atoms with Gasteiger partial charge in [-0.1, -0.05) is 6.42 Å². The van der Waals surface area contributed by atoms with Crippen LogP contribution in [0.3, 0.4) is 0 Å². The fraction of sp³-hybridized carbons (Fsp3) is 0.611. The Labute approximate surface area is 120 Å². The van der Waals surface area contributed by atoms with Crippen LogP contribution in [-0.4, -0.2) is 11.9 Å². The van der Waals surface area contributed by atoms with Gasteiger partial charge < -0.3 is 4.74 Å². The SMILES string of the molecule is CC1Cc2cc(C(=O)CC3CC4CCC3C4)ccc2O1. The largest absolute Gasteiger partial charge is 0.490 e. The Morgan fingerprint density at radius 3 is 2.95 bits per heavy atom. The standard InChI is InChI=1S/C18H22O2/c1-11-6-16-9-14(4-5-18(16)20-11)17(19)10-15-8-12-2-3-13(15)7-12/h4-5,9,11-13,15H,2-3,6-8,10H2,1H3. The van der Waals surface area contributed by atoms with Crippen molar-refractivity contribution < 1.29 is 9.53 Å². The molecule has 3 aliphatic rings. The number of Topliss-reactive ketones (excluding diaryl/α,β-unsaturated/α-hetero) is 1. The summed E-state index contributed by atoms with van der Waals surface area (Å²) in [7, 11) is 0. The van der Waals surface area contributed by atoms with E-state index in [1.165, 1.54) is 31.2 Å². The molecule has 2 fully saturated rings. The molecular formula is C18H22O2. The van der Waals surface area contributed by atoms with Crippen molar-refractivity contribution in [3.8, 4) is 5.75 Å². The lowest BCUT2D eigenvalue weighted by molar-refractivity contribution is 0.0944. The normalized spacial score (nSPS) is 34.0. The maximum atomic E-state index is 12.5. The van der Waals surface area contributed by atoms with Crippen molar-refractivity contribution in [2.75, 3.05) is 0 Å². The Balaban J connectivity index is 1.48. The summed E-state index contributed by atoms with van der Waals surface area (Å²) in [4.78, 5) is 12.5. The molecule has 1 aliphatic heterocycles. The van der Waals surface area contributed by atoms with Gasteiger partial charge in [0.05, 0.1) is 0 Å². The van der Waals surface area contributed by atoms with Gasteiger partial charge in [-0.15, -0.1) is 0 Å². The molecule has 0 aromatic heterocycles. The Kier molecular flexibility index (Phi) is 2.87. The number of carbonyl (C=O) groups is 1. The number of carbonyl (C=O) groups excluding carboxylic acids is 1. The number of ketones is 1. The number of fused-ring (bicyclic) bond motifs is 3. The first-order valence-corrected chi connectivity index (χ1v) is 8.02. The predicted octanol–water partition coefficient (Wildman–Crippen LogP) is 4.02. The lowest BCUT2D eigenvalue weighted by Crippen LogP contribution is -2.15. The summed E-state index contributed by atoms with van der Waals surface area (Å²) in [6.07, 6.45) is 7.39. The van der Waals surface area contributed by atoms with Gasteiger partial charge in [-0.05, 0) is 67.7 Å². The minimum Gasteiger partial charge on any atom is -0.490 e. The second-order valence-corrected chi connectivity index (χ2v) is 7.02. The van der Waals surface area contributed by atoms with E-state index in [2.05, 4.69) is 13.0 Å². The maximum absolute atomic E-state index is 12.5. The number of benzene rings is 1. The van der Waals surface area contributed by atoms with Crippen molar-refractivity contribution in [3.05, 3.63) is 29.3 Å². The lowest BCUT2D eigenvalue weighted by Gasteiger charge is -2.20. The quantitative estimate of drug-likeness (QED) is 0.775. The van der Waals surface area contributed by atoms with E-state index in [9.17, 15) is 4.79 Å². The maximum Gasteiger partial charge on any atom is 0.163 e. The zero-order valence-corrected chi connectivity index (χ0v) is 12.1. The van der Waals surface area contributed by atoms with Crippen molar-refractivity contribution in [2.45, 2.75) is 51.6 Å². The molecule has 0 radical (unpaired) electrons. The average molecular weight is 270 g/mol. The second kappa shape index (κ2) is 4.61. The van der Waals surface area contributed by atoms with Crippen molar-refractivity contribution in [2.24, 2.45) is 17.8 Å². The molecule has 0 spiro atoms. The highest BCUT2D eigenvalue weighted by atomic mass is 16.5. The highest BCUT2D eigenvalue weighted by molar-refractivity contribution is 5.96. The van der Waals surface area contributed by atoms with E-state index in [-0.39, 0.29) is 6.10 Å². The second-order valence-electron chi connectivity index (χ2n) is 7.02. The van der Waals surface area contributed by atoms with E-state index < -0.39 is 0 Å². The molecular weight excluding hydrogens is 248 g/mol. The molecule has 0 N–H and O–H groups in total.